The van der Waals surface area contributed by atoms with Gasteiger partial charge >= 0.3 is 0 Å². The Hall–Kier alpha value is -1.51. The number of carbonyl (C=O) groups is 1. The maximum atomic E-state index is 12.8. The highest BCUT2D eigenvalue weighted by molar-refractivity contribution is 5.99. The number of hydrogen-bond acceptors (Lipinski definition) is 2. The van der Waals surface area contributed by atoms with Crippen molar-refractivity contribution in [1.29, 1.82) is 0 Å². The summed E-state index contributed by atoms with van der Waals surface area (Å²) in [7, 11) is 0. The number of rotatable bonds is 2. The second-order valence-electron chi connectivity index (χ2n) is 6.34. The lowest BCUT2D eigenvalue weighted by atomic mass is 9.95. The first kappa shape index (κ1) is 13.5. The van der Waals surface area contributed by atoms with E-state index in [4.69, 9.17) is 5.73 Å². The van der Waals surface area contributed by atoms with E-state index >= 15 is 0 Å². The third-order valence-electron chi connectivity index (χ3n) is 4.94. The molecule has 1 unspecified atom stereocenters. The molecule has 0 aromatic heterocycles. The minimum atomic E-state index is 0.139. The summed E-state index contributed by atoms with van der Waals surface area (Å²) in [5.41, 5.74) is 8.40. The van der Waals surface area contributed by atoms with Gasteiger partial charge in [-0.1, -0.05) is 24.5 Å². The molecule has 2 fully saturated rings. The van der Waals surface area contributed by atoms with Crippen molar-refractivity contribution >= 4 is 11.6 Å². The number of aryl methyl sites for hydroxylation is 1. The Kier molecular flexibility index (Phi) is 3.68. The highest BCUT2D eigenvalue weighted by Crippen LogP contribution is 2.36. The molecule has 1 aromatic rings. The Morgan fingerprint density at radius 3 is 2.70 bits per heavy atom. The first-order valence-electron chi connectivity index (χ1n) is 7.84. The summed E-state index contributed by atoms with van der Waals surface area (Å²) in [5.74, 6) is 0.855. The van der Waals surface area contributed by atoms with Crippen LogP contribution in [0.15, 0.2) is 18.2 Å². The van der Waals surface area contributed by atoms with Crippen LogP contribution in [0.2, 0.25) is 0 Å². The van der Waals surface area contributed by atoms with Gasteiger partial charge < -0.3 is 10.6 Å². The van der Waals surface area contributed by atoms with Gasteiger partial charge in [0.25, 0.3) is 5.91 Å². The van der Waals surface area contributed by atoms with Gasteiger partial charge in [0.05, 0.1) is 5.56 Å². The van der Waals surface area contributed by atoms with E-state index < -0.39 is 0 Å². The summed E-state index contributed by atoms with van der Waals surface area (Å²) in [4.78, 5) is 14.9. The second kappa shape index (κ2) is 5.47. The molecule has 20 heavy (non-hydrogen) atoms. The van der Waals surface area contributed by atoms with Crippen LogP contribution >= 0.6 is 0 Å². The van der Waals surface area contributed by atoms with Gasteiger partial charge in [-0.3, -0.25) is 4.79 Å². The van der Waals surface area contributed by atoms with E-state index in [1.807, 2.05) is 25.1 Å². The van der Waals surface area contributed by atoms with Gasteiger partial charge in [-0.15, -0.1) is 0 Å². The normalized spacial score (nSPS) is 23.4. The monoisotopic (exact) mass is 272 g/mol. The summed E-state index contributed by atoms with van der Waals surface area (Å²) >= 11 is 0. The zero-order chi connectivity index (χ0) is 14.1. The van der Waals surface area contributed by atoms with Gasteiger partial charge in [0.1, 0.15) is 0 Å². The van der Waals surface area contributed by atoms with E-state index in [9.17, 15) is 4.79 Å². The Balaban J connectivity index is 1.83. The van der Waals surface area contributed by atoms with Gasteiger partial charge in [0.15, 0.2) is 0 Å². The van der Waals surface area contributed by atoms with E-state index in [-0.39, 0.29) is 5.91 Å². The summed E-state index contributed by atoms with van der Waals surface area (Å²) in [6, 6.07) is 6.19. The number of carbonyl (C=O) groups excluding carboxylic acids is 1. The molecule has 1 aliphatic carbocycles. The van der Waals surface area contributed by atoms with Crippen molar-refractivity contribution in [3.05, 3.63) is 29.3 Å². The van der Waals surface area contributed by atoms with Crippen LogP contribution in [0.3, 0.4) is 0 Å². The van der Waals surface area contributed by atoms with E-state index in [2.05, 4.69) is 4.90 Å². The topological polar surface area (TPSA) is 46.3 Å². The molecule has 3 nitrogen and oxygen atoms in total. The van der Waals surface area contributed by atoms with Crippen molar-refractivity contribution in [3.63, 3.8) is 0 Å². The third-order valence-corrected chi connectivity index (χ3v) is 4.94. The minimum Gasteiger partial charge on any atom is -0.398 e. The first-order chi connectivity index (χ1) is 9.66. The largest absolute Gasteiger partial charge is 0.398 e. The third kappa shape index (κ3) is 2.41. The molecular formula is C17H24N2O. The van der Waals surface area contributed by atoms with Crippen LogP contribution in [0.5, 0.6) is 0 Å². The zero-order valence-electron chi connectivity index (χ0n) is 12.3. The van der Waals surface area contributed by atoms with Crippen molar-refractivity contribution in [1.82, 2.24) is 4.90 Å². The Bertz CT molecular complexity index is 506. The van der Waals surface area contributed by atoms with Crippen LogP contribution in [0.1, 0.15) is 54.4 Å². The standard InChI is InChI=1S/C17H24N2O/c1-12-8-9-15(18)14(11-12)17(20)19-10-4-7-16(19)13-5-2-3-6-13/h8-9,11,13,16H,2-7,10,18H2,1H3. The summed E-state index contributed by atoms with van der Waals surface area (Å²) in [5, 5.41) is 0. The quantitative estimate of drug-likeness (QED) is 0.839. The van der Waals surface area contributed by atoms with E-state index in [1.54, 1.807) is 0 Å². The first-order valence-corrected chi connectivity index (χ1v) is 7.84. The molecule has 1 saturated carbocycles. The SMILES string of the molecule is Cc1ccc(N)c(C(=O)N2CCCC2C2CCCC2)c1. The maximum Gasteiger partial charge on any atom is 0.256 e. The maximum absolute atomic E-state index is 12.8. The molecule has 0 bridgehead atoms. The fourth-order valence-corrected chi connectivity index (χ4v) is 3.89. The molecule has 0 radical (unpaired) electrons. The fraction of sp³-hybridized carbons (Fsp3) is 0.588. The zero-order valence-corrected chi connectivity index (χ0v) is 12.3. The lowest BCUT2D eigenvalue weighted by molar-refractivity contribution is 0.0690. The molecule has 1 atom stereocenters. The molecular weight excluding hydrogens is 248 g/mol. The molecule has 1 saturated heterocycles. The van der Waals surface area contributed by atoms with E-state index in [1.165, 1.54) is 32.1 Å². The van der Waals surface area contributed by atoms with Crippen LogP contribution in [0.4, 0.5) is 5.69 Å². The number of nitrogens with zero attached hydrogens (tertiary/aromatic N) is 1. The molecule has 108 valence electrons. The summed E-state index contributed by atoms with van der Waals surface area (Å²) in [6.45, 7) is 2.90. The number of hydrogen-bond donors (Lipinski definition) is 1. The average Bonchev–Trinajstić information content (AvgIpc) is 3.10. The van der Waals surface area contributed by atoms with Gasteiger partial charge in [0, 0.05) is 18.3 Å². The van der Waals surface area contributed by atoms with Crippen LogP contribution in [-0.2, 0) is 0 Å². The molecule has 2 aliphatic rings. The lowest BCUT2D eigenvalue weighted by Gasteiger charge is -2.30. The van der Waals surface area contributed by atoms with Crippen LogP contribution in [-0.4, -0.2) is 23.4 Å². The molecule has 2 N–H and O–H groups in total. The van der Waals surface area contributed by atoms with Gasteiger partial charge in [-0.25, -0.2) is 0 Å². The number of nitrogen functional groups attached to an aromatic ring is 1. The second-order valence-corrected chi connectivity index (χ2v) is 6.34. The molecule has 0 spiro atoms. The van der Waals surface area contributed by atoms with E-state index in [0.29, 0.717) is 23.2 Å². The number of likely N-dealkylation sites (tertiary alicyclic amines) is 1. The fourth-order valence-electron chi connectivity index (χ4n) is 3.89. The van der Waals surface area contributed by atoms with Crippen molar-refractivity contribution in [3.8, 4) is 0 Å². The smallest absolute Gasteiger partial charge is 0.256 e. The highest BCUT2D eigenvalue weighted by atomic mass is 16.2. The van der Waals surface area contributed by atoms with Crippen LogP contribution < -0.4 is 5.73 Å². The number of nitrogens with two attached hydrogens (primary N) is 1. The number of benzene rings is 1. The summed E-state index contributed by atoms with van der Waals surface area (Å²) in [6.07, 6.45) is 7.54. The molecule has 3 rings (SSSR count). The Labute approximate surface area is 121 Å². The Morgan fingerprint density at radius 1 is 1.20 bits per heavy atom. The highest BCUT2D eigenvalue weighted by Gasteiger charge is 2.36. The molecule has 1 aromatic carbocycles. The van der Waals surface area contributed by atoms with Gasteiger partial charge in [-0.2, -0.15) is 0 Å². The number of amides is 1. The molecule has 1 heterocycles. The van der Waals surface area contributed by atoms with Crippen LogP contribution in [0, 0.1) is 12.8 Å². The average molecular weight is 272 g/mol. The Morgan fingerprint density at radius 2 is 1.95 bits per heavy atom. The van der Waals surface area contributed by atoms with E-state index in [0.717, 1.165) is 18.5 Å². The lowest BCUT2D eigenvalue weighted by Crippen LogP contribution is -2.39. The van der Waals surface area contributed by atoms with Crippen molar-refractivity contribution < 1.29 is 4.79 Å². The molecule has 1 aliphatic heterocycles. The van der Waals surface area contributed by atoms with Crippen LogP contribution in [0.25, 0.3) is 0 Å². The minimum absolute atomic E-state index is 0.139. The summed E-state index contributed by atoms with van der Waals surface area (Å²) < 4.78 is 0. The van der Waals surface area contributed by atoms with Gasteiger partial charge in [0.2, 0.25) is 0 Å². The van der Waals surface area contributed by atoms with Crippen molar-refractivity contribution in [2.75, 3.05) is 12.3 Å². The van der Waals surface area contributed by atoms with Gasteiger partial charge in [-0.05, 0) is 50.7 Å². The molecule has 1 amide bonds. The predicted octanol–water partition coefficient (Wildman–Crippen LogP) is 3.37. The number of anilines is 1. The predicted molar refractivity (Wildman–Crippen MR) is 81.6 cm³/mol. The van der Waals surface area contributed by atoms with Crippen molar-refractivity contribution in [2.24, 2.45) is 5.92 Å². The molecule has 3 heteroatoms. The van der Waals surface area contributed by atoms with Crippen molar-refractivity contribution in [2.45, 2.75) is 51.5 Å².